The number of hydrogen-bond donors (Lipinski definition) is 1. The van der Waals surface area contributed by atoms with Crippen LogP contribution in [-0.2, 0) is 11.8 Å². The molecule has 0 aliphatic rings. The van der Waals surface area contributed by atoms with Crippen LogP contribution in [-0.4, -0.2) is 21.2 Å². The number of thioether (sulfide) groups is 1. The average Bonchev–Trinajstić information content (AvgIpc) is 2.85. The smallest absolute Gasteiger partial charge is 0.234 e. The number of benzene rings is 2. The third-order valence-corrected chi connectivity index (χ3v) is 5.24. The van der Waals surface area contributed by atoms with Crippen molar-refractivity contribution in [1.82, 2.24) is 9.55 Å². The van der Waals surface area contributed by atoms with Gasteiger partial charge < -0.3 is 9.88 Å². The number of anilines is 1. The highest BCUT2D eigenvalue weighted by molar-refractivity contribution is 14.1. The molecule has 0 saturated heterocycles. The van der Waals surface area contributed by atoms with Crippen LogP contribution in [0.4, 0.5) is 5.69 Å². The third kappa shape index (κ3) is 3.69. The maximum absolute atomic E-state index is 12.2. The Bertz CT molecular complexity index is 875. The monoisotopic (exact) mass is 437 g/mol. The molecule has 0 radical (unpaired) electrons. The van der Waals surface area contributed by atoms with Crippen LogP contribution < -0.4 is 5.32 Å². The number of hydrogen-bond acceptors (Lipinski definition) is 3. The Morgan fingerprint density at radius 3 is 2.83 bits per heavy atom. The second kappa shape index (κ2) is 6.92. The van der Waals surface area contributed by atoms with Crippen molar-refractivity contribution in [2.45, 2.75) is 12.1 Å². The SMILES string of the molecule is Cc1cc(I)ccc1NC(=O)CSc1nc2ccccc2n1C. The van der Waals surface area contributed by atoms with Crippen LogP contribution >= 0.6 is 34.4 Å². The number of para-hydroxylation sites is 2. The minimum Gasteiger partial charge on any atom is -0.325 e. The summed E-state index contributed by atoms with van der Waals surface area (Å²) >= 11 is 3.71. The molecular weight excluding hydrogens is 421 g/mol. The van der Waals surface area contributed by atoms with E-state index in [-0.39, 0.29) is 5.91 Å². The molecule has 3 rings (SSSR count). The van der Waals surface area contributed by atoms with Crippen molar-refractivity contribution in [3.63, 3.8) is 0 Å². The quantitative estimate of drug-likeness (QED) is 0.491. The lowest BCUT2D eigenvalue weighted by atomic mass is 10.2. The molecule has 6 heteroatoms. The first-order valence-electron chi connectivity index (χ1n) is 7.15. The molecule has 0 unspecified atom stereocenters. The summed E-state index contributed by atoms with van der Waals surface area (Å²) in [5.41, 5.74) is 3.95. The summed E-state index contributed by atoms with van der Waals surface area (Å²) in [4.78, 5) is 16.7. The highest BCUT2D eigenvalue weighted by Crippen LogP contribution is 2.23. The van der Waals surface area contributed by atoms with E-state index in [1.165, 1.54) is 11.8 Å². The fraction of sp³-hybridized carbons (Fsp3) is 0.176. The minimum absolute atomic E-state index is 0.0219. The minimum atomic E-state index is -0.0219. The Labute approximate surface area is 152 Å². The second-order valence-electron chi connectivity index (χ2n) is 5.24. The molecule has 0 aliphatic carbocycles. The summed E-state index contributed by atoms with van der Waals surface area (Å²) < 4.78 is 3.18. The van der Waals surface area contributed by atoms with Crippen LogP contribution in [0.15, 0.2) is 47.6 Å². The summed E-state index contributed by atoms with van der Waals surface area (Å²) in [5, 5.41) is 3.81. The number of aryl methyl sites for hydroxylation is 2. The van der Waals surface area contributed by atoms with E-state index in [1.54, 1.807) is 0 Å². The van der Waals surface area contributed by atoms with Crippen molar-refractivity contribution in [3.05, 3.63) is 51.6 Å². The number of halogens is 1. The molecule has 1 heterocycles. The molecule has 0 aliphatic heterocycles. The van der Waals surface area contributed by atoms with Crippen molar-refractivity contribution in [3.8, 4) is 0 Å². The van der Waals surface area contributed by atoms with Crippen LogP contribution in [0.1, 0.15) is 5.56 Å². The van der Waals surface area contributed by atoms with E-state index < -0.39 is 0 Å². The maximum Gasteiger partial charge on any atom is 0.234 e. The zero-order valence-electron chi connectivity index (χ0n) is 12.8. The third-order valence-electron chi connectivity index (χ3n) is 3.54. The van der Waals surface area contributed by atoms with Gasteiger partial charge >= 0.3 is 0 Å². The fourth-order valence-electron chi connectivity index (χ4n) is 2.34. The Morgan fingerprint density at radius 2 is 2.09 bits per heavy atom. The number of carbonyl (C=O) groups is 1. The van der Waals surface area contributed by atoms with Crippen molar-refractivity contribution >= 4 is 57.0 Å². The lowest BCUT2D eigenvalue weighted by Crippen LogP contribution is -2.15. The number of nitrogens with one attached hydrogen (secondary N) is 1. The zero-order valence-corrected chi connectivity index (χ0v) is 15.8. The molecule has 1 aromatic heterocycles. The highest BCUT2D eigenvalue weighted by atomic mass is 127. The Hall–Kier alpha value is -1.54. The Kier molecular flexibility index (Phi) is 4.91. The van der Waals surface area contributed by atoms with E-state index >= 15 is 0 Å². The van der Waals surface area contributed by atoms with E-state index in [4.69, 9.17) is 0 Å². The van der Waals surface area contributed by atoms with E-state index in [1.807, 2.05) is 54.9 Å². The van der Waals surface area contributed by atoms with Crippen LogP contribution in [0, 0.1) is 10.5 Å². The first kappa shape index (κ1) is 16.3. The van der Waals surface area contributed by atoms with E-state index in [2.05, 4.69) is 39.0 Å². The van der Waals surface area contributed by atoms with E-state index in [0.29, 0.717) is 5.75 Å². The standard InChI is InChI=1S/C17H16IN3OS/c1-11-9-12(18)7-8-13(11)19-16(22)10-23-17-20-14-5-3-4-6-15(14)21(17)2/h3-9H,10H2,1-2H3,(H,19,22). The molecule has 0 spiro atoms. The van der Waals surface area contributed by atoms with Gasteiger partial charge in [-0.2, -0.15) is 0 Å². The van der Waals surface area contributed by atoms with Crippen molar-refractivity contribution in [1.29, 1.82) is 0 Å². The van der Waals surface area contributed by atoms with Crippen LogP contribution in [0.25, 0.3) is 11.0 Å². The van der Waals surface area contributed by atoms with Gasteiger partial charge in [0.1, 0.15) is 0 Å². The molecule has 3 aromatic rings. The molecule has 1 N–H and O–H groups in total. The lowest BCUT2D eigenvalue weighted by molar-refractivity contribution is -0.113. The van der Waals surface area contributed by atoms with Gasteiger partial charge in [0.25, 0.3) is 0 Å². The van der Waals surface area contributed by atoms with Crippen molar-refractivity contribution < 1.29 is 4.79 Å². The topological polar surface area (TPSA) is 46.9 Å². The number of aromatic nitrogens is 2. The number of imidazole rings is 1. The second-order valence-corrected chi connectivity index (χ2v) is 7.43. The molecule has 0 fully saturated rings. The van der Waals surface area contributed by atoms with Crippen LogP contribution in [0.3, 0.4) is 0 Å². The van der Waals surface area contributed by atoms with Gasteiger partial charge in [0.2, 0.25) is 5.91 Å². The summed E-state index contributed by atoms with van der Waals surface area (Å²) in [6.45, 7) is 2.00. The molecule has 0 atom stereocenters. The number of amides is 1. The molecule has 2 aromatic carbocycles. The molecule has 1 amide bonds. The number of nitrogens with zero attached hydrogens (tertiary/aromatic N) is 2. The molecular formula is C17H16IN3OS. The average molecular weight is 437 g/mol. The van der Waals surface area contributed by atoms with Gasteiger partial charge in [0.15, 0.2) is 5.16 Å². The van der Waals surface area contributed by atoms with E-state index in [0.717, 1.165) is 31.0 Å². The van der Waals surface area contributed by atoms with Gasteiger partial charge in [-0.3, -0.25) is 4.79 Å². The first-order valence-corrected chi connectivity index (χ1v) is 9.21. The van der Waals surface area contributed by atoms with Gasteiger partial charge in [-0.15, -0.1) is 0 Å². The first-order chi connectivity index (χ1) is 11.0. The molecule has 4 nitrogen and oxygen atoms in total. The lowest BCUT2D eigenvalue weighted by Gasteiger charge is -2.08. The summed E-state index contributed by atoms with van der Waals surface area (Å²) in [5.74, 6) is 0.314. The summed E-state index contributed by atoms with van der Waals surface area (Å²) in [6, 6.07) is 13.9. The van der Waals surface area contributed by atoms with Crippen LogP contribution in [0.5, 0.6) is 0 Å². The Morgan fingerprint density at radius 1 is 1.30 bits per heavy atom. The number of fused-ring (bicyclic) bond motifs is 1. The van der Waals surface area contributed by atoms with Gasteiger partial charge in [0.05, 0.1) is 16.8 Å². The van der Waals surface area contributed by atoms with Crippen molar-refractivity contribution in [2.75, 3.05) is 11.1 Å². The highest BCUT2D eigenvalue weighted by Gasteiger charge is 2.11. The number of carbonyl (C=O) groups excluding carboxylic acids is 1. The van der Waals surface area contributed by atoms with Crippen molar-refractivity contribution in [2.24, 2.45) is 7.05 Å². The largest absolute Gasteiger partial charge is 0.325 e. The van der Waals surface area contributed by atoms with Gasteiger partial charge in [-0.25, -0.2) is 4.98 Å². The van der Waals surface area contributed by atoms with Crippen LogP contribution in [0.2, 0.25) is 0 Å². The summed E-state index contributed by atoms with van der Waals surface area (Å²) in [6.07, 6.45) is 0. The predicted molar refractivity (Wildman–Crippen MR) is 104 cm³/mol. The zero-order chi connectivity index (χ0) is 16.4. The number of rotatable bonds is 4. The van der Waals surface area contributed by atoms with E-state index in [9.17, 15) is 4.79 Å². The predicted octanol–water partition coefficient (Wildman–Crippen LogP) is 4.22. The molecule has 23 heavy (non-hydrogen) atoms. The van der Waals surface area contributed by atoms with Gasteiger partial charge in [-0.1, -0.05) is 23.9 Å². The molecule has 0 saturated carbocycles. The fourth-order valence-corrected chi connectivity index (χ4v) is 3.77. The Balaban J connectivity index is 1.67. The maximum atomic E-state index is 12.2. The normalized spacial score (nSPS) is 10.9. The van der Waals surface area contributed by atoms with Gasteiger partial charge in [0, 0.05) is 16.3 Å². The van der Waals surface area contributed by atoms with Gasteiger partial charge in [-0.05, 0) is 65.4 Å². The molecule has 118 valence electrons. The molecule has 0 bridgehead atoms. The summed E-state index contributed by atoms with van der Waals surface area (Å²) in [7, 11) is 1.97.